The molecule has 0 amide bonds. The molecule has 1 heterocycles. The largest absolute Gasteiger partial charge is 0.468 e. The Morgan fingerprint density at radius 2 is 1.22 bits per heavy atom. The van der Waals surface area contributed by atoms with Crippen LogP contribution in [0.5, 0.6) is 0 Å². The van der Waals surface area contributed by atoms with E-state index in [4.69, 9.17) is 9.47 Å². The lowest BCUT2D eigenvalue weighted by molar-refractivity contribution is -0.385. The van der Waals surface area contributed by atoms with Crippen LogP contribution < -0.4 is 0 Å². The van der Waals surface area contributed by atoms with E-state index in [0.717, 1.165) is 14.2 Å². The first kappa shape index (κ1) is 26.2. The topological polar surface area (TPSA) is 159 Å². The lowest BCUT2D eigenvalue weighted by Gasteiger charge is -2.47. The molecule has 0 spiro atoms. The zero-order chi connectivity index (χ0) is 26.6. The Labute approximate surface area is 205 Å². The number of non-ortho nitro benzene ring substituents is 2. The van der Waals surface area contributed by atoms with E-state index >= 15 is 0 Å². The second kappa shape index (κ2) is 10.9. The van der Waals surface area contributed by atoms with Gasteiger partial charge in [0, 0.05) is 30.8 Å². The van der Waals surface area contributed by atoms with Gasteiger partial charge in [-0.05, 0) is 11.1 Å². The minimum atomic E-state index is -1.46. The number of hydrogen-bond donors (Lipinski definition) is 0. The van der Waals surface area contributed by atoms with Gasteiger partial charge in [-0.25, -0.2) is 0 Å². The molecule has 36 heavy (non-hydrogen) atoms. The van der Waals surface area contributed by atoms with Gasteiger partial charge in [0.05, 0.1) is 36.1 Å². The molecule has 4 atom stereocenters. The van der Waals surface area contributed by atoms with E-state index in [1.165, 1.54) is 54.6 Å². The van der Waals surface area contributed by atoms with Gasteiger partial charge in [-0.2, -0.15) is 0 Å². The van der Waals surface area contributed by atoms with Crippen molar-refractivity contribution in [2.75, 3.05) is 20.8 Å². The molecule has 3 rings (SSSR count). The van der Waals surface area contributed by atoms with E-state index in [0.29, 0.717) is 11.1 Å². The lowest BCUT2D eigenvalue weighted by Crippen LogP contribution is -2.55. The lowest BCUT2D eigenvalue weighted by atomic mass is 9.72. The summed E-state index contributed by atoms with van der Waals surface area (Å²) in [7, 11) is 2.21. The number of likely N-dealkylation sites (tertiary alicyclic amines) is 1. The number of Topliss-reactive ketones (excluding diaryl/α,β-unsaturated/α-hetero) is 1. The predicted molar refractivity (Wildman–Crippen MR) is 125 cm³/mol. The first-order chi connectivity index (χ1) is 17.2. The molecule has 2 aromatic carbocycles. The number of benzene rings is 2. The molecular weight excluding hydrogens is 474 g/mol. The Balaban J connectivity index is 2.26. The summed E-state index contributed by atoms with van der Waals surface area (Å²) < 4.78 is 9.79. The van der Waals surface area contributed by atoms with E-state index in [1.807, 2.05) is 0 Å². The van der Waals surface area contributed by atoms with E-state index in [9.17, 15) is 34.6 Å². The maximum Gasteiger partial charge on any atom is 0.318 e. The van der Waals surface area contributed by atoms with Crippen LogP contribution in [0.3, 0.4) is 0 Å². The number of carbonyl (C=O) groups excluding carboxylic acids is 3. The van der Waals surface area contributed by atoms with Crippen molar-refractivity contribution in [3.05, 3.63) is 92.5 Å². The average molecular weight is 497 g/mol. The minimum Gasteiger partial charge on any atom is -0.468 e. The molecule has 1 aliphatic rings. The zero-order valence-corrected chi connectivity index (χ0v) is 19.4. The van der Waals surface area contributed by atoms with Crippen LogP contribution in [-0.2, 0) is 23.9 Å². The highest BCUT2D eigenvalue weighted by molar-refractivity contribution is 6.10. The SMILES string of the molecule is C=CCN1[C@H](c2ccc([N+](=O)[O-])cc2)C(C(=O)OC)C(=O)C(C(=O)OC)[C@@H]1c1ccc([N+](=O)[O-])cc1. The Hall–Kier alpha value is -4.45. The fourth-order valence-electron chi connectivity index (χ4n) is 4.54. The number of ether oxygens (including phenoxy) is 2. The summed E-state index contributed by atoms with van der Waals surface area (Å²) in [6, 6.07) is 8.68. The average Bonchev–Trinajstić information content (AvgIpc) is 2.88. The van der Waals surface area contributed by atoms with Gasteiger partial charge in [0.15, 0.2) is 5.78 Å². The molecule has 1 aliphatic heterocycles. The first-order valence-electron chi connectivity index (χ1n) is 10.7. The highest BCUT2D eigenvalue weighted by Crippen LogP contribution is 2.47. The van der Waals surface area contributed by atoms with Crippen molar-refractivity contribution in [1.82, 2.24) is 4.90 Å². The number of rotatable bonds is 8. The molecule has 188 valence electrons. The number of ketones is 1. The number of methoxy groups -OCH3 is 2. The van der Waals surface area contributed by atoms with Crippen LogP contribution in [0.4, 0.5) is 11.4 Å². The highest BCUT2D eigenvalue weighted by atomic mass is 16.6. The maximum absolute atomic E-state index is 13.7. The summed E-state index contributed by atoms with van der Waals surface area (Å²) in [5, 5.41) is 22.3. The van der Waals surface area contributed by atoms with E-state index < -0.39 is 51.5 Å². The molecule has 0 radical (unpaired) electrons. The van der Waals surface area contributed by atoms with Crippen molar-refractivity contribution in [2.24, 2.45) is 11.8 Å². The Morgan fingerprint density at radius 1 is 0.861 bits per heavy atom. The number of nitro groups is 2. The molecule has 0 bridgehead atoms. The number of piperidine rings is 1. The van der Waals surface area contributed by atoms with Crippen molar-refractivity contribution in [3.8, 4) is 0 Å². The van der Waals surface area contributed by atoms with Gasteiger partial charge in [0.25, 0.3) is 11.4 Å². The molecular formula is C24H23N3O9. The first-order valence-corrected chi connectivity index (χ1v) is 10.7. The maximum atomic E-state index is 13.7. The fraction of sp³-hybridized carbons (Fsp3) is 0.292. The van der Waals surface area contributed by atoms with E-state index in [1.54, 1.807) is 4.90 Å². The predicted octanol–water partition coefficient (Wildman–Crippen LogP) is 2.93. The standard InChI is InChI=1S/C24H23N3O9/c1-4-13-25-20(14-5-9-16(10-6-14)26(31)32)18(23(29)35-2)22(28)19(24(30)36-3)21(25)15-7-11-17(12-8-15)27(33)34/h4-12,18-21H,1,13H2,2-3H3/t18?,19?,20-,21+. The van der Waals surface area contributed by atoms with Gasteiger partial charge in [0.1, 0.15) is 11.8 Å². The normalized spacial score (nSPS) is 21.9. The zero-order valence-electron chi connectivity index (χ0n) is 19.4. The Kier molecular flexibility index (Phi) is 7.90. The summed E-state index contributed by atoms with van der Waals surface area (Å²) in [6.45, 7) is 3.83. The summed E-state index contributed by atoms with van der Waals surface area (Å²) in [5.74, 6) is -5.48. The minimum absolute atomic E-state index is 0.0809. The van der Waals surface area contributed by atoms with Crippen LogP contribution in [-0.4, -0.2) is 53.2 Å². The molecule has 0 N–H and O–H groups in total. The van der Waals surface area contributed by atoms with Crippen LogP contribution in [0, 0.1) is 32.1 Å². The van der Waals surface area contributed by atoms with Gasteiger partial charge in [0.2, 0.25) is 0 Å². The number of hydrogen-bond acceptors (Lipinski definition) is 10. The van der Waals surface area contributed by atoms with Crippen molar-refractivity contribution >= 4 is 29.1 Å². The number of nitrogens with zero attached hydrogens (tertiary/aromatic N) is 3. The van der Waals surface area contributed by atoms with Crippen LogP contribution >= 0.6 is 0 Å². The fourth-order valence-corrected chi connectivity index (χ4v) is 4.54. The highest BCUT2D eigenvalue weighted by Gasteiger charge is 2.55. The molecule has 1 fully saturated rings. The third-order valence-electron chi connectivity index (χ3n) is 6.10. The summed E-state index contributed by atoms with van der Waals surface area (Å²) in [4.78, 5) is 62.3. The van der Waals surface area contributed by atoms with Gasteiger partial charge in [-0.3, -0.25) is 39.5 Å². The Morgan fingerprint density at radius 3 is 1.50 bits per heavy atom. The van der Waals surface area contributed by atoms with Crippen LogP contribution in [0.1, 0.15) is 23.2 Å². The van der Waals surface area contributed by atoms with Crippen molar-refractivity contribution in [1.29, 1.82) is 0 Å². The second-order valence-corrected chi connectivity index (χ2v) is 7.98. The summed E-state index contributed by atoms with van der Waals surface area (Å²) in [6.07, 6.45) is 1.51. The van der Waals surface area contributed by atoms with E-state index in [-0.39, 0.29) is 17.9 Å². The molecule has 0 aliphatic carbocycles. The van der Waals surface area contributed by atoms with Crippen LogP contribution in [0.25, 0.3) is 0 Å². The molecule has 12 nitrogen and oxygen atoms in total. The molecule has 1 saturated heterocycles. The smallest absolute Gasteiger partial charge is 0.318 e. The molecule has 12 heteroatoms. The number of carbonyl (C=O) groups is 3. The summed E-state index contributed by atoms with van der Waals surface area (Å²) >= 11 is 0. The quantitative estimate of drug-likeness (QED) is 0.174. The van der Waals surface area contributed by atoms with Gasteiger partial charge >= 0.3 is 11.9 Å². The van der Waals surface area contributed by atoms with Crippen molar-refractivity contribution in [3.63, 3.8) is 0 Å². The monoisotopic (exact) mass is 497 g/mol. The number of esters is 2. The molecule has 0 saturated carbocycles. The van der Waals surface area contributed by atoms with Crippen LogP contribution in [0.15, 0.2) is 61.2 Å². The third kappa shape index (κ3) is 4.84. The number of nitro benzene ring substituents is 2. The second-order valence-electron chi connectivity index (χ2n) is 7.98. The van der Waals surface area contributed by atoms with Crippen molar-refractivity contribution < 1.29 is 33.7 Å². The van der Waals surface area contributed by atoms with Gasteiger partial charge in [-0.1, -0.05) is 30.3 Å². The van der Waals surface area contributed by atoms with E-state index in [2.05, 4.69) is 6.58 Å². The molecule has 0 aromatic heterocycles. The van der Waals surface area contributed by atoms with Gasteiger partial charge in [-0.15, -0.1) is 6.58 Å². The van der Waals surface area contributed by atoms with Crippen LogP contribution in [0.2, 0.25) is 0 Å². The van der Waals surface area contributed by atoms with Gasteiger partial charge < -0.3 is 9.47 Å². The Bertz CT molecular complexity index is 1110. The third-order valence-corrected chi connectivity index (χ3v) is 6.10. The van der Waals surface area contributed by atoms with Crippen molar-refractivity contribution in [2.45, 2.75) is 12.1 Å². The molecule has 2 unspecified atom stereocenters. The summed E-state index contributed by atoms with van der Waals surface area (Å²) in [5.41, 5.74) is 0.401. The molecule has 2 aromatic rings.